The summed E-state index contributed by atoms with van der Waals surface area (Å²) < 4.78 is 4.92. The van der Waals surface area contributed by atoms with Crippen LogP contribution >= 0.6 is 0 Å². The van der Waals surface area contributed by atoms with E-state index in [0.29, 0.717) is 11.1 Å². The molecule has 1 aromatic carbocycles. The Morgan fingerprint density at radius 2 is 2.21 bits per heavy atom. The van der Waals surface area contributed by atoms with Crippen molar-refractivity contribution in [2.45, 2.75) is 13.0 Å². The van der Waals surface area contributed by atoms with Gasteiger partial charge in [-0.05, 0) is 13.0 Å². The Kier molecular flexibility index (Phi) is 2.95. The van der Waals surface area contributed by atoms with Crippen molar-refractivity contribution in [1.29, 1.82) is 5.26 Å². The summed E-state index contributed by atoms with van der Waals surface area (Å²) in [6.07, 6.45) is 0. The van der Waals surface area contributed by atoms with E-state index in [-0.39, 0.29) is 17.5 Å². The molecule has 4 nitrogen and oxygen atoms in total. The Bertz CT molecular complexity index is 380. The fourth-order valence-electron chi connectivity index (χ4n) is 1.20. The van der Waals surface area contributed by atoms with Crippen LogP contribution in [0.1, 0.15) is 24.1 Å². The molecule has 0 bridgehead atoms. The van der Waals surface area contributed by atoms with E-state index < -0.39 is 0 Å². The second-order valence-electron chi connectivity index (χ2n) is 3.02. The Labute approximate surface area is 82.5 Å². The number of hydrogen-bond donors (Lipinski definition) is 2. The molecule has 4 heteroatoms. The highest BCUT2D eigenvalue weighted by Crippen LogP contribution is 2.33. The van der Waals surface area contributed by atoms with Gasteiger partial charge in [0.05, 0.1) is 18.7 Å². The average molecular weight is 192 g/mol. The summed E-state index contributed by atoms with van der Waals surface area (Å²) in [6.45, 7) is 1.73. The zero-order chi connectivity index (χ0) is 10.7. The molecule has 0 saturated carbocycles. The second-order valence-corrected chi connectivity index (χ2v) is 3.02. The maximum Gasteiger partial charge on any atom is 0.162 e. The van der Waals surface area contributed by atoms with Crippen molar-refractivity contribution in [3.05, 3.63) is 23.3 Å². The molecule has 0 aromatic heterocycles. The molecule has 74 valence electrons. The number of nitriles is 1. The summed E-state index contributed by atoms with van der Waals surface area (Å²) in [5.41, 5.74) is 6.57. The highest BCUT2D eigenvalue weighted by Gasteiger charge is 2.13. The molecule has 0 fully saturated rings. The molecule has 0 spiro atoms. The van der Waals surface area contributed by atoms with E-state index in [1.54, 1.807) is 13.0 Å². The second kappa shape index (κ2) is 3.99. The molecule has 0 amide bonds. The van der Waals surface area contributed by atoms with Crippen molar-refractivity contribution < 1.29 is 9.84 Å². The van der Waals surface area contributed by atoms with Crippen molar-refractivity contribution in [1.82, 2.24) is 0 Å². The highest BCUT2D eigenvalue weighted by molar-refractivity contribution is 5.52. The topological polar surface area (TPSA) is 79.3 Å². The van der Waals surface area contributed by atoms with Gasteiger partial charge < -0.3 is 15.6 Å². The third-order valence-electron chi connectivity index (χ3n) is 1.94. The molecule has 1 atom stereocenters. The smallest absolute Gasteiger partial charge is 0.162 e. The largest absolute Gasteiger partial charge is 0.504 e. The lowest BCUT2D eigenvalue weighted by Crippen LogP contribution is -2.06. The van der Waals surface area contributed by atoms with Crippen molar-refractivity contribution in [2.24, 2.45) is 5.73 Å². The van der Waals surface area contributed by atoms with Crippen LogP contribution in [0.3, 0.4) is 0 Å². The van der Waals surface area contributed by atoms with Gasteiger partial charge in [0.15, 0.2) is 11.5 Å². The first kappa shape index (κ1) is 10.4. The first-order valence-electron chi connectivity index (χ1n) is 4.16. The van der Waals surface area contributed by atoms with Crippen LogP contribution in [-0.2, 0) is 0 Å². The number of phenols is 1. The fourth-order valence-corrected chi connectivity index (χ4v) is 1.20. The standard InChI is InChI=1S/C10H12N2O2/c1-6(12)8-3-7(5-11)4-9(14-2)10(8)13/h3-4,6,13H,12H2,1-2H3/t6-/m0/s1. The predicted molar refractivity (Wildman–Crippen MR) is 52.0 cm³/mol. The molecule has 0 saturated heterocycles. The maximum absolute atomic E-state index is 9.66. The summed E-state index contributed by atoms with van der Waals surface area (Å²) in [6, 6.07) is 4.67. The molecular weight excluding hydrogens is 180 g/mol. The quantitative estimate of drug-likeness (QED) is 0.740. The van der Waals surface area contributed by atoms with Gasteiger partial charge in [0.2, 0.25) is 0 Å². The number of nitrogens with two attached hydrogens (primary N) is 1. The minimum atomic E-state index is -0.336. The average Bonchev–Trinajstić information content (AvgIpc) is 2.17. The molecule has 0 radical (unpaired) electrons. The van der Waals surface area contributed by atoms with E-state index in [1.165, 1.54) is 13.2 Å². The molecule has 0 heterocycles. The lowest BCUT2D eigenvalue weighted by Gasteiger charge is -2.11. The van der Waals surface area contributed by atoms with Crippen molar-refractivity contribution >= 4 is 0 Å². The zero-order valence-electron chi connectivity index (χ0n) is 8.11. The summed E-state index contributed by atoms with van der Waals surface area (Å²) in [5.74, 6) is 0.276. The first-order valence-corrected chi connectivity index (χ1v) is 4.16. The fraction of sp³-hybridized carbons (Fsp3) is 0.300. The van der Waals surface area contributed by atoms with Gasteiger partial charge in [0, 0.05) is 17.7 Å². The molecular formula is C10H12N2O2. The Hall–Kier alpha value is -1.73. The van der Waals surface area contributed by atoms with Crippen LogP contribution in [0.4, 0.5) is 0 Å². The Morgan fingerprint density at radius 1 is 1.57 bits per heavy atom. The number of hydrogen-bond acceptors (Lipinski definition) is 4. The van der Waals surface area contributed by atoms with Gasteiger partial charge in [-0.1, -0.05) is 0 Å². The summed E-state index contributed by atoms with van der Waals surface area (Å²) >= 11 is 0. The van der Waals surface area contributed by atoms with Gasteiger partial charge >= 0.3 is 0 Å². The van der Waals surface area contributed by atoms with Crippen LogP contribution < -0.4 is 10.5 Å². The van der Waals surface area contributed by atoms with Gasteiger partial charge in [0.1, 0.15) is 0 Å². The van der Waals surface area contributed by atoms with Gasteiger partial charge in [-0.3, -0.25) is 0 Å². The van der Waals surface area contributed by atoms with E-state index in [1.807, 2.05) is 6.07 Å². The first-order chi connectivity index (χ1) is 6.60. The molecule has 0 aliphatic rings. The number of phenolic OH excluding ortho intramolecular Hbond substituents is 1. The van der Waals surface area contributed by atoms with Crippen LogP contribution in [0.15, 0.2) is 12.1 Å². The van der Waals surface area contributed by atoms with Crippen molar-refractivity contribution in [2.75, 3.05) is 7.11 Å². The molecule has 0 aliphatic heterocycles. The van der Waals surface area contributed by atoms with Crippen LogP contribution in [0.25, 0.3) is 0 Å². The Morgan fingerprint density at radius 3 is 2.64 bits per heavy atom. The van der Waals surface area contributed by atoms with Crippen LogP contribution in [0.2, 0.25) is 0 Å². The predicted octanol–water partition coefficient (Wildman–Crippen LogP) is 1.29. The van der Waals surface area contributed by atoms with Crippen molar-refractivity contribution in [3.63, 3.8) is 0 Å². The van der Waals surface area contributed by atoms with Gasteiger partial charge in [-0.15, -0.1) is 0 Å². The van der Waals surface area contributed by atoms with Crippen LogP contribution in [0.5, 0.6) is 11.5 Å². The normalized spacial score (nSPS) is 11.9. The number of methoxy groups -OCH3 is 1. The number of benzene rings is 1. The zero-order valence-corrected chi connectivity index (χ0v) is 8.11. The van der Waals surface area contributed by atoms with E-state index in [4.69, 9.17) is 15.7 Å². The lowest BCUT2D eigenvalue weighted by atomic mass is 10.0. The number of aromatic hydroxyl groups is 1. The van der Waals surface area contributed by atoms with Gasteiger partial charge in [0.25, 0.3) is 0 Å². The summed E-state index contributed by atoms with van der Waals surface area (Å²) in [4.78, 5) is 0. The van der Waals surface area contributed by atoms with E-state index in [2.05, 4.69) is 0 Å². The molecule has 0 unspecified atom stereocenters. The number of rotatable bonds is 2. The van der Waals surface area contributed by atoms with Crippen LogP contribution in [0, 0.1) is 11.3 Å². The lowest BCUT2D eigenvalue weighted by molar-refractivity contribution is 0.369. The summed E-state index contributed by atoms with van der Waals surface area (Å²) in [7, 11) is 1.43. The highest BCUT2D eigenvalue weighted by atomic mass is 16.5. The minimum Gasteiger partial charge on any atom is -0.504 e. The third kappa shape index (κ3) is 1.78. The molecule has 14 heavy (non-hydrogen) atoms. The van der Waals surface area contributed by atoms with Gasteiger partial charge in [-0.25, -0.2) is 0 Å². The van der Waals surface area contributed by atoms with Crippen molar-refractivity contribution in [3.8, 4) is 17.6 Å². The molecule has 3 N–H and O–H groups in total. The maximum atomic E-state index is 9.66. The number of nitrogens with zero attached hydrogens (tertiary/aromatic N) is 1. The van der Waals surface area contributed by atoms with Gasteiger partial charge in [-0.2, -0.15) is 5.26 Å². The van der Waals surface area contributed by atoms with E-state index in [0.717, 1.165) is 0 Å². The monoisotopic (exact) mass is 192 g/mol. The SMILES string of the molecule is COc1cc(C#N)cc([C@H](C)N)c1O. The molecule has 0 aliphatic carbocycles. The number of ether oxygens (including phenoxy) is 1. The minimum absolute atomic E-state index is 0.00139. The van der Waals surface area contributed by atoms with Crippen LogP contribution in [-0.4, -0.2) is 12.2 Å². The van der Waals surface area contributed by atoms with E-state index >= 15 is 0 Å². The molecule has 1 rings (SSSR count). The summed E-state index contributed by atoms with van der Waals surface area (Å²) in [5, 5.41) is 18.4. The Balaban J connectivity index is 3.36. The van der Waals surface area contributed by atoms with E-state index in [9.17, 15) is 5.11 Å². The third-order valence-corrected chi connectivity index (χ3v) is 1.94. The molecule has 1 aromatic rings.